The lowest BCUT2D eigenvalue weighted by molar-refractivity contribution is 0.480. The fourth-order valence-electron chi connectivity index (χ4n) is 18.2. The van der Waals surface area contributed by atoms with Crippen LogP contribution in [0.3, 0.4) is 0 Å². The number of hydrogen-bond donors (Lipinski definition) is 0. The average Bonchev–Trinajstić information content (AvgIpc) is 0.698. The van der Waals surface area contributed by atoms with Crippen molar-refractivity contribution in [3.8, 4) is 90.5 Å². The van der Waals surface area contributed by atoms with E-state index in [1.54, 1.807) is 0 Å². The Labute approximate surface area is 731 Å². The Morgan fingerprint density at radius 2 is 0.298 bits per heavy atom. The summed E-state index contributed by atoms with van der Waals surface area (Å²) in [6.45, 7) is 34.0. The maximum atomic E-state index is 7.04. The van der Waals surface area contributed by atoms with Crippen molar-refractivity contribution in [3.05, 3.63) is 441 Å². The average molecular weight is 1610 g/mol. The maximum absolute atomic E-state index is 7.04. The number of benzene rings is 20. The van der Waals surface area contributed by atoms with Gasteiger partial charge in [0, 0.05) is 21.5 Å². The van der Waals surface area contributed by atoms with Crippen molar-refractivity contribution in [2.24, 2.45) is 0 Å². The van der Waals surface area contributed by atoms with Crippen LogP contribution in [-0.4, -0.2) is 0 Å². The fourth-order valence-corrected chi connectivity index (χ4v) is 18.2. The summed E-state index contributed by atoms with van der Waals surface area (Å²) in [5, 5.41) is 15.6. The third-order valence-electron chi connectivity index (χ3n) is 23.6. The summed E-state index contributed by atoms with van der Waals surface area (Å²) < 4.78 is 28.2. The standard InChI is InChI=1S/C92H74O4.4C7H8/c1-51-41-55(5)89(56(6)42-51)93-83-37-33-67(63-21-13-17-25-71(63)83)79-49-80(68-34-38-84(72-26-18-14-22-64(68)72)94-90-57(7)43-52(2)44-58(90)8)76-31-32-78-82(70-36-40-86(74-28-20-16-24-66(70)74)96-92-61(11)47-54(4)48-62(92)12)50-81(77-30-29-75(79)87(76)88(77)78)69-35-39-85(73-27-19-15-23-65(69)73)95-91-59(9)45-53(3)46-60(91)10;4*1-7-5-3-2-4-6-7/h13-50H,1-12H3;4*2-6H,1H3. The molecule has 0 saturated heterocycles. The van der Waals surface area contributed by atoms with Crippen LogP contribution in [0.15, 0.2) is 352 Å². The van der Waals surface area contributed by atoms with Crippen molar-refractivity contribution in [1.29, 1.82) is 0 Å². The first-order valence-electron chi connectivity index (χ1n) is 43.1. The van der Waals surface area contributed by atoms with E-state index < -0.39 is 0 Å². The second-order valence-electron chi connectivity index (χ2n) is 33.6. The van der Waals surface area contributed by atoms with Gasteiger partial charge in [0.15, 0.2) is 0 Å². The molecule has 20 aromatic carbocycles. The Morgan fingerprint density at radius 3 is 0.468 bits per heavy atom. The number of aryl methyl sites for hydroxylation is 16. The third kappa shape index (κ3) is 17.6. The highest BCUT2D eigenvalue weighted by atomic mass is 16.5. The van der Waals surface area contributed by atoms with E-state index in [2.05, 4.69) is 390 Å². The van der Waals surface area contributed by atoms with Crippen LogP contribution in [0.1, 0.15) is 89.0 Å². The summed E-state index contributed by atoms with van der Waals surface area (Å²) in [4.78, 5) is 0. The number of ether oxygens (including phenoxy) is 4. The van der Waals surface area contributed by atoms with Gasteiger partial charge in [-0.15, -0.1) is 0 Å². The maximum Gasteiger partial charge on any atom is 0.135 e. The largest absolute Gasteiger partial charge is 0.456 e. The van der Waals surface area contributed by atoms with Gasteiger partial charge in [-0.3, -0.25) is 0 Å². The molecule has 0 amide bonds. The normalized spacial score (nSPS) is 11.1. The molecule has 0 aliphatic carbocycles. The van der Waals surface area contributed by atoms with Crippen LogP contribution in [0.4, 0.5) is 0 Å². The number of hydrogen-bond acceptors (Lipinski definition) is 4. The van der Waals surface area contributed by atoms with Crippen molar-refractivity contribution < 1.29 is 18.9 Å². The van der Waals surface area contributed by atoms with Crippen LogP contribution in [0.25, 0.3) is 120 Å². The van der Waals surface area contributed by atoms with E-state index >= 15 is 0 Å². The molecule has 0 aliphatic rings. The Bertz CT molecular complexity index is 6360. The summed E-state index contributed by atoms with van der Waals surface area (Å²) in [5.41, 5.74) is 28.0. The van der Waals surface area contributed by atoms with Crippen molar-refractivity contribution in [2.45, 2.75) is 111 Å². The molecule has 610 valence electrons. The van der Waals surface area contributed by atoms with Crippen molar-refractivity contribution in [3.63, 3.8) is 0 Å². The quantitative estimate of drug-likeness (QED) is 0.114. The van der Waals surface area contributed by atoms with E-state index in [4.69, 9.17) is 18.9 Å². The lowest BCUT2D eigenvalue weighted by Crippen LogP contribution is -1.97. The van der Waals surface area contributed by atoms with Gasteiger partial charge in [0.2, 0.25) is 0 Å². The lowest BCUT2D eigenvalue weighted by atomic mass is 9.80. The summed E-state index contributed by atoms with van der Waals surface area (Å²) >= 11 is 0. The van der Waals surface area contributed by atoms with Crippen molar-refractivity contribution in [2.75, 3.05) is 0 Å². The van der Waals surface area contributed by atoms with E-state index in [-0.39, 0.29) is 0 Å². The zero-order chi connectivity index (χ0) is 86.4. The first kappa shape index (κ1) is 83.3. The van der Waals surface area contributed by atoms with Crippen LogP contribution < -0.4 is 18.9 Å². The van der Waals surface area contributed by atoms with E-state index in [9.17, 15) is 0 Å². The van der Waals surface area contributed by atoms with Crippen LogP contribution in [0.2, 0.25) is 0 Å². The van der Waals surface area contributed by atoms with Crippen molar-refractivity contribution in [1.82, 2.24) is 0 Å². The van der Waals surface area contributed by atoms with Gasteiger partial charge in [-0.25, -0.2) is 0 Å². The molecule has 0 radical (unpaired) electrons. The van der Waals surface area contributed by atoms with E-state index in [1.807, 2.05) is 72.8 Å². The SMILES string of the molecule is Cc1cc(C)c(Oc2ccc(-c3cc(-c4ccc(Oc5c(C)cc(C)cc5C)c5ccccc45)c4ccc5c(-c6ccc(Oc7c(C)cc(C)cc7C)c7ccccc67)cc(-c6ccc(Oc7c(C)cc(C)cc7C)c7ccccc67)c6ccc3c4c65)c3ccccc23)c(C)c1.Cc1ccccc1.Cc1ccccc1.Cc1ccccc1.Cc1ccccc1. The molecule has 0 saturated carbocycles. The van der Waals surface area contributed by atoms with Crippen LogP contribution in [0.5, 0.6) is 46.0 Å². The lowest BCUT2D eigenvalue weighted by Gasteiger charge is -2.24. The van der Waals surface area contributed by atoms with Crippen LogP contribution >= 0.6 is 0 Å². The molecule has 0 aliphatic heterocycles. The summed E-state index contributed by atoms with van der Waals surface area (Å²) in [6.07, 6.45) is 0. The Kier molecular flexibility index (Phi) is 24.6. The molecule has 4 heteroatoms. The third-order valence-corrected chi connectivity index (χ3v) is 23.6. The van der Waals surface area contributed by atoms with Gasteiger partial charge in [0.25, 0.3) is 0 Å². The molecule has 20 rings (SSSR count). The molecule has 124 heavy (non-hydrogen) atoms. The van der Waals surface area contributed by atoms with Gasteiger partial charge >= 0.3 is 0 Å². The van der Waals surface area contributed by atoms with Gasteiger partial charge in [-0.1, -0.05) is 360 Å². The summed E-state index contributed by atoms with van der Waals surface area (Å²) in [7, 11) is 0. The second kappa shape index (κ2) is 36.6. The molecule has 0 bridgehead atoms. The monoisotopic (exact) mass is 1610 g/mol. The van der Waals surface area contributed by atoms with E-state index in [0.717, 1.165) is 200 Å². The first-order valence-corrected chi connectivity index (χ1v) is 43.1. The second-order valence-corrected chi connectivity index (χ2v) is 33.6. The molecule has 0 N–H and O–H groups in total. The molecule has 0 spiro atoms. The molecular weight excluding hydrogens is 1510 g/mol. The van der Waals surface area contributed by atoms with E-state index in [0.29, 0.717) is 0 Å². The number of rotatable bonds is 12. The molecule has 20 aromatic rings. The molecule has 0 fully saturated rings. The highest BCUT2D eigenvalue weighted by Crippen LogP contribution is 2.54. The molecule has 4 nitrogen and oxygen atoms in total. The highest BCUT2D eigenvalue weighted by molar-refractivity contribution is 6.34. The molecular formula is C120H106O4. The summed E-state index contributed by atoms with van der Waals surface area (Å²) in [5.74, 6) is 6.83. The predicted octanol–water partition coefficient (Wildman–Crippen LogP) is 34.7. The first-order chi connectivity index (χ1) is 60.1. The van der Waals surface area contributed by atoms with Gasteiger partial charge in [-0.05, 0) is 290 Å². The fraction of sp³-hybridized carbons (Fsp3) is 0.133. The minimum Gasteiger partial charge on any atom is -0.456 e. The minimum absolute atomic E-state index is 0.817. The van der Waals surface area contributed by atoms with Crippen molar-refractivity contribution >= 4 is 75.4 Å². The van der Waals surface area contributed by atoms with Gasteiger partial charge in [0.05, 0.1) is 0 Å². The minimum atomic E-state index is 0.817. The van der Waals surface area contributed by atoms with Crippen LogP contribution in [0, 0.1) is 111 Å². The van der Waals surface area contributed by atoms with Gasteiger partial charge < -0.3 is 18.9 Å². The Hall–Kier alpha value is -14.3. The topological polar surface area (TPSA) is 36.9 Å². The summed E-state index contributed by atoms with van der Waals surface area (Å²) in [6, 6.07) is 126. The Morgan fingerprint density at radius 1 is 0.129 bits per heavy atom. The van der Waals surface area contributed by atoms with E-state index in [1.165, 1.54) is 55.3 Å². The molecule has 0 unspecified atom stereocenters. The Balaban J connectivity index is 0.000000344. The number of fused-ring (bicyclic) bond motifs is 4. The zero-order valence-corrected chi connectivity index (χ0v) is 74.1. The van der Waals surface area contributed by atoms with Gasteiger partial charge in [-0.2, -0.15) is 0 Å². The molecule has 0 aromatic heterocycles. The predicted molar refractivity (Wildman–Crippen MR) is 530 cm³/mol. The molecule has 0 atom stereocenters. The molecule has 0 heterocycles. The zero-order valence-electron chi connectivity index (χ0n) is 74.1. The highest BCUT2D eigenvalue weighted by Gasteiger charge is 2.27. The van der Waals surface area contributed by atoms with Gasteiger partial charge in [0.1, 0.15) is 46.0 Å². The van der Waals surface area contributed by atoms with Crippen LogP contribution in [-0.2, 0) is 0 Å². The smallest absolute Gasteiger partial charge is 0.135 e.